The molecule has 0 atom stereocenters. The summed E-state index contributed by atoms with van der Waals surface area (Å²) in [6, 6.07) is 69.2. The standard InChI is InChI=1S/C44H39N2P3/c1-44(2,3)47(42(34-45)48(36-22-10-4-11-23-36,37-24-12-5-13-25-37)38-26-14-6-15-27-38)43(35-46)49(39-28-16-7-17-29-39,40-30-18-8-19-31-40)41-32-20-9-21-33-41/h4-33H,1-3H3. The lowest BCUT2D eigenvalue weighted by Crippen LogP contribution is -2.35. The Morgan fingerprint density at radius 2 is 0.571 bits per heavy atom. The molecular weight excluding hydrogens is 649 g/mol. The van der Waals surface area contributed by atoms with Gasteiger partial charge in [-0.3, -0.25) is 0 Å². The zero-order valence-electron chi connectivity index (χ0n) is 28.1. The van der Waals surface area contributed by atoms with Crippen LogP contribution in [0.5, 0.6) is 0 Å². The lowest BCUT2D eigenvalue weighted by Gasteiger charge is -2.41. The molecule has 6 rings (SSSR count). The van der Waals surface area contributed by atoms with Crippen LogP contribution in [0, 0.1) is 22.7 Å². The molecule has 0 aliphatic carbocycles. The van der Waals surface area contributed by atoms with Crippen LogP contribution in [0.2, 0.25) is 0 Å². The Morgan fingerprint density at radius 3 is 0.714 bits per heavy atom. The molecule has 0 heterocycles. The van der Waals surface area contributed by atoms with E-state index in [4.69, 9.17) is 0 Å². The van der Waals surface area contributed by atoms with Crippen molar-refractivity contribution < 1.29 is 0 Å². The zero-order valence-corrected chi connectivity index (χ0v) is 30.7. The van der Waals surface area contributed by atoms with Crippen LogP contribution in [0.15, 0.2) is 182 Å². The Morgan fingerprint density at radius 1 is 0.388 bits per heavy atom. The van der Waals surface area contributed by atoms with Crippen LogP contribution in [0.4, 0.5) is 0 Å². The van der Waals surface area contributed by atoms with Gasteiger partial charge in [0.25, 0.3) is 0 Å². The van der Waals surface area contributed by atoms with Gasteiger partial charge in [0.15, 0.2) is 0 Å². The molecule has 0 amide bonds. The van der Waals surface area contributed by atoms with E-state index in [1.165, 1.54) is 0 Å². The van der Waals surface area contributed by atoms with Crippen LogP contribution in [0.1, 0.15) is 20.8 Å². The van der Waals surface area contributed by atoms with Crippen molar-refractivity contribution in [2.75, 3.05) is 0 Å². The van der Waals surface area contributed by atoms with E-state index >= 15 is 0 Å². The molecule has 0 saturated carbocycles. The van der Waals surface area contributed by atoms with Crippen LogP contribution in [0.3, 0.4) is 0 Å². The monoisotopic (exact) mass is 688 g/mol. The molecule has 0 saturated heterocycles. The molecule has 0 spiro atoms. The first-order valence-corrected chi connectivity index (χ1v) is 21.3. The van der Waals surface area contributed by atoms with E-state index in [2.05, 4.69) is 179 Å². The van der Waals surface area contributed by atoms with Crippen LogP contribution in [0.25, 0.3) is 0 Å². The fourth-order valence-electron chi connectivity index (χ4n) is 6.82. The molecule has 0 N–H and O–H groups in total. The molecule has 6 aromatic carbocycles. The van der Waals surface area contributed by atoms with E-state index in [0.717, 1.165) is 41.9 Å². The summed E-state index contributed by atoms with van der Waals surface area (Å²) in [6.45, 7) is 1.07. The van der Waals surface area contributed by atoms with E-state index in [1.54, 1.807) is 0 Å². The SMILES string of the molecule is CC(C)(C)P(C(C#N)=P(c1ccccc1)(c1ccccc1)c1ccccc1)C(C#N)=P(c1ccccc1)(c1ccccc1)c1ccccc1. The normalized spacial score (nSPS) is 11.7. The first kappa shape index (κ1) is 34.2. The van der Waals surface area contributed by atoms with Crippen molar-refractivity contribution in [1.82, 2.24) is 0 Å². The van der Waals surface area contributed by atoms with Crippen LogP contribution < -0.4 is 31.8 Å². The van der Waals surface area contributed by atoms with Gasteiger partial charge in [0.2, 0.25) is 0 Å². The molecule has 0 aliphatic rings. The van der Waals surface area contributed by atoms with E-state index in [-0.39, 0.29) is 0 Å². The fraction of sp³-hybridized carbons (Fsp3) is 0.0909. The average Bonchev–Trinajstić information content (AvgIpc) is 3.16. The largest absolute Gasteiger partial charge is 0.192 e. The Labute approximate surface area is 293 Å². The number of hydrogen-bond donors (Lipinski definition) is 0. The summed E-state index contributed by atoms with van der Waals surface area (Å²) in [5.74, 6) is 0. The number of hydrogen-bond acceptors (Lipinski definition) is 2. The molecule has 0 radical (unpaired) electrons. The quantitative estimate of drug-likeness (QED) is 0.151. The lowest BCUT2D eigenvalue weighted by molar-refractivity contribution is 0.797. The first-order chi connectivity index (χ1) is 23.9. The number of nitriles is 2. The number of rotatable bonds is 8. The Balaban J connectivity index is 1.97. The van der Waals surface area contributed by atoms with Gasteiger partial charge < -0.3 is 0 Å². The van der Waals surface area contributed by atoms with Crippen molar-refractivity contribution in [2.24, 2.45) is 0 Å². The van der Waals surface area contributed by atoms with E-state index in [9.17, 15) is 10.5 Å². The Hall–Kier alpha value is -4.67. The molecule has 2 nitrogen and oxygen atoms in total. The van der Waals surface area contributed by atoms with Gasteiger partial charge in [-0.2, -0.15) is 10.5 Å². The summed E-state index contributed by atoms with van der Waals surface area (Å²) in [7, 11) is -1.54. The first-order valence-electron chi connectivity index (χ1n) is 16.4. The topological polar surface area (TPSA) is 47.6 Å². The maximum Gasteiger partial charge on any atom is 0.101 e. The van der Waals surface area contributed by atoms with Crippen LogP contribution >= 0.6 is 21.7 Å². The summed E-state index contributed by atoms with van der Waals surface area (Å²) in [4.78, 5) is 0. The van der Waals surface area contributed by atoms with Gasteiger partial charge in [-0.1, -0.05) is 203 Å². The van der Waals surface area contributed by atoms with Crippen molar-refractivity contribution in [3.05, 3.63) is 182 Å². The third kappa shape index (κ3) is 6.19. The molecule has 49 heavy (non-hydrogen) atoms. The number of benzene rings is 6. The maximum absolute atomic E-state index is 11.8. The predicted octanol–water partition coefficient (Wildman–Crippen LogP) is 8.56. The van der Waals surface area contributed by atoms with Gasteiger partial charge in [0.1, 0.15) is 12.1 Å². The van der Waals surface area contributed by atoms with E-state index in [1.807, 2.05) is 36.4 Å². The molecular formula is C44H39N2P3. The molecule has 5 heteroatoms. The highest BCUT2D eigenvalue weighted by atomic mass is 31.2. The second-order valence-corrected chi connectivity index (χ2v) is 23.0. The van der Waals surface area contributed by atoms with Gasteiger partial charge in [0.05, 0.1) is 10.1 Å². The van der Waals surface area contributed by atoms with Crippen LogP contribution in [-0.4, -0.2) is 15.2 Å². The van der Waals surface area contributed by atoms with Gasteiger partial charge in [-0.25, -0.2) is 0 Å². The van der Waals surface area contributed by atoms with Gasteiger partial charge >= 0.3 is 0 Å². The highest BCUT2D eigenvalue weighted by Gasteiger charge is 2.44. The highest BCUT2D eigenvalue weighted by Crippen LogP contribution is 2.66. The van der Waals surface area contributed by atoms with E-state index < -0.39 is 26.8 Å². The molecule has 0 aromatic heterocycles. The molecule has 6 aromatic rings. The smallest absolute Gasteiger partial charge is 0.101 e. The zero-order chi connectivity index (χ0) is 34.3. The fourth-order valence-corrected chi connectivity index (χ4v) is 22.9. The van der Waals surface area contributed by atoms with Gasteiger partial charge in [-0.05, 0) is 58.7 Å². The average molecular weight is 689 g/mol. The molecule has 0 bridgehead atoms. The van der Waals surface area contributed by atoms with Gasteiger partial charge in [-0.15, -0.1) is 0 Å². The second kappa shape index (κ2) is 14.8. The minimum absolute atomic E-state index is 0.446. The molecule has 0 fully saturated rings. The highest BCUT2D eigenvalue weighted by molar-refractivity contribution is 8.19. The van der Waals surface area contributed by atoms with Crippen molar-refractivity contribution in [3.8, 4) is 12.1 Å². The predicted molar refractivity (Wildman–Crippen MR) is 218 cm³/mol. The Bertz CT molecular complexity index is 1850. The summed E-state index contributed by atoms with van der Waals surface area (Å²) in [5.41, 5.74) is 0. The summed E-state index contributed by atoms with van der Waals surface area (Å²) in [6.07, 6.45) is 0. The van der Waals surface area contributed by atoms with Crippen molar-refractivity contribution >= 4 is 63.6 Å². The third-order valence-electron chi connectivity index (χ3n) is 8.79. The summed E-state index contributed by atoms with van der Waals surface area (Å²) < 4.78 is 0. The van der Waals surface area contributed by atoms with Crippen molar-refractivity contribution in [3.63, 3.8) is 0 Å². The minimum Gasteiger partial charge on any atom is -0.192 e. The minimum atomic E-state index is -2.80. The number of nitrogens with zero attached hydrogens (tertiary/aromatic N) is 2. The Kier molecular flexibility index (Phi) is 10.4. The van der Waals surface area contributed by atoms with Crippen LogP contribution in [-0.2, 0) is 0 Å². The summed E-state index contributed by atoms with van der Waals surface area (Å²) in [5, 5.41) is 31.5. The molecule has 0 unspecified atom stereocenters. The molecule has 240 valence electrons. The molecule has 0 aliphatic heterocycles. The third-order valence-corrected chi connectivity index (χ3v) is 22.1. The summed E-state index contributed by atoms with van der Waals surface area (Å²) >= 11 is 0. The lowest BCUT2D eigenvalue weighted by atomic mass is 10.3. The second-order valence-electron chi connectivity index (χ2n) is 12.7. The van der Waals surface area contributed by atoms with E-state index in [0.29, 0.717) is 0 Å². The van der Waals surface area contributed by atoms with Crippen molar-refractivity contribution in [1.29, 1.82) is 10.5 Å². The van der Waals surface area contributed by atoms with Crippen molar-refractivity contribution in [2.45, 2.75) is 25.9 Å². The van der Waals surface area contributed by atoms with Gasteiger partial charge in [0, 0.05) is 0 Å². The maximum atomic E-state index is 11.8.